The summed E-state index contributed by atoms with van der Waals surface area (Å²) in [4.78, 5) is 25.2. The summed E-state index contributed by atoms with van der Waals surface area (Å²) in [7, 11) is 0. The van der Waals surface area contributed by atoms with Crippen molar-refractivity contribution in [3.63, 3.8) is 0 Å². The summed E-state index contributed by atoms with van der Waals surface area (Å²) >= 11 is 0. The molecule has 0 atom stereocenters. The summed E-state index contributed by atoms with van der Waals surface area (Å²) in [5, 5.41) is 16.1. The normalized spacial score (nSPS) is 10.2. The lowest BCUT2D eigenvalue weighted by Crippen LogP contribution is -2.14. The smallest absolute Gasteiger partial charge is 0.315 e. The van der Waals surface area contributed by atoms with Crippen LogP contribution in [0.25, 0.3) is 0 Å². The molecule has 19 heavy (non-hydrogen) atoms. The van der Waals surface area contributed by atoms with Crippen molar-refractivity contribution < 1.29 is 18.6 Å². The van der Waals surface area contributed by atoms with Gasteiger partial charge in [-0.15, -0.1) is 0 Å². The molecule has 0 saturated carbocycles. The SMILES string of the molecule is Cc1noc(NC(=O)c2cc([N+](=O)[O-])ccc2F)n1. The maximum absolute atomic E-state index is 13.4. The largest absolute Gasteiger partial charge is 0.328 e. The summed E-state index contributed by atoms with van der Waals surface area (Å²) in [6.45, 7) is 1.53. The summed E-state index contributed by atoms with van der Waals surface area (Å²) in [6, 6.07) is 2.41. The maximum Gasteiger partial charge on any atom is 0.328 e. The van der Waals surface area contributed by atoms with Crippen LogP contribution in [0.1, 0.15) is 16.2 Å². The number of nitrogens with zero attached hydrogens (tertiary/aromatic N) is 3. The van der Waals surface area contributed by atoms with Gasteiger partial charge in [0.2, 0.25) is 0 Å². The predicted molar refractivity (Wildman–Crippen MR) is 60.0 cm³/mol. The standard InChI is InChI=1S/C10H7FN4O4/c1-5-12-10(19-14-5)13-9(16)7-4-6(15(17)18)2-3-8(7)11/h2-4H,1H3,(H,12,13,14,16). The Bertz CT molecular complexity index is 655. The van der Waals surface area contributed by atoms with Crippen LogP contribution in [-0.4, -0.2) is 21.0 Å². The number of amides is 1. The zero-order valence-corrected chi connectivity index (χ0v) is 9.58. The number of benzene rings is 1. The van der Waals surface area contributed by atoms with Gasteiger partial charge in [-0.1, -0.05) is 5.16 Å². The first kappa shape index (κ1) is 12.6. The van der Waals surface area contributed by atoms with E-state index >= 15 is 0 Å². The first-order valence-electron chi connectivity index (χ1n) is 5.03. The van der Waals surface area contributed by atoms with Crippen molar-refractivity contribution in [2.24, 2.45) is 0 Å². The zero-order valence-electron chi connectivity index (χ0n) is 9.58. The minimum atomic E-state index is -0.912. The molecule has 0 unspecified atom stereocenters. The second-order valence-corrected chi connectivity index (χ2v) is 3.52. The van der Waals surface area contributed by atoms with E-state index in [1.807, 2.05) is 0 Å². The molecule has 0 bridgehead atoms. The van der Waals surface area contributed by atoms with Crippen molar-refractivity contribution in [3.8, 4) is 0 Å². The molecule has 1 N–H and O–H groups in total. The first-order valence-corrected chi connectivity index (χ1v) is 5.03. The molecule has 1 aromatic heterocycles. The Kier molecular flexibility index (Phi) is 3.19. The van der Waals surface area contributed by atoms with Crippen LogP contribution in [0.4, 0.5) is 16.1 Å². The minimum absolute atomic E-state index is 0.214. The molecule has 0 spiro atoms. The van der Waals surface area contributed by atoms with E-state index in [-0.39, 0.29) is 11.8 Å². The van der Waals surface area contributed by atoms with E-state index in [4.69, 9.17) is 0 Å². The van der Waals surface area contributed by atoms with Gasteiger partial charge in [0.05, 0.1) is 10.5 Å². The molecule has 0 aliphatic rings. The second kappa shape index (κ2) is 4.80. The number of non-ortho nitro benzene ring substituents is 1. The highest BCUT2D eigenvalue weighted by molar-refractivity contribution is 6.03. The van der Waals surface area contributed by atoms with Crippen molar-refractivity contribution in [2.45, 2.75) is 6.92 Å². The van der Waals surface area contributed by atoms with Crippen molar-refractivity contribution in [3.05, 3.63) is 45.5 Å². The van der Waals surface area contributed by atoms with Crippen LogP contribution in [0, 0.1) is 22.9 Å². The molecule has 2 aromatic rings. The van der Waals surface area contributed by atoms with Crippen LogP contribution in [0.15, 0.2) is 22.7 Å². The number of nitro groups is 1. The molecule has 0 aliphatic heterocycles. The minimum Gasteiger partial charge on any atom is -0.315 e. The van der Waals surface area contributed by atoms with Gasteiger partial charge in [-0.05, 0) is 13.0 Å². The van der Waals surface area contributed by atoms with Gasteiger partial charge in [0.15, 0.2) is 5.82 Å². The molecule has 0 fully saturated rings. The van der Waals surface area contributed by atoms with Crippen molar-refractivity contribution in [1.82, 2.24) is 10.1 Å². The number of nitro benzene ring substituents is 1. The molecule has 0 saturated heterocycles. The van der Waals surface area contributed by atoms with E-state index < -0.39 is 27.9 Å². The third-order valence-electron chi connectivity index (χ3n) is 2.15. The number of carbonyl (C=O) groups excluding carboxylic acids is 1. The fraction of sp³-hybridized carbons (Fsp3) is 0.100. The molecule has 0 aliphatic carbocycles. The fourth-order valence-corrected chi connectivity index (χ4v) is 1.31. The summed E-state index contributed by atoms with van der Waals surface area (Å²) in [6.07, 6.45) is 0. The number of aryl methyl sites for hydroxylation is 1. The van der Waals surface area contributed by atoms with Gasteiger partial charge < -0.3 is 4.52 Å². The van der Waals surface area contributed by atoms with Gasteiger partial charge in [0, 0.05) is 12.1 Å². The molecule has 0 radical (unpaired) electrons. The summed E-state index contributed by atoms with van der Waals surface area (Å²) in [5.74, 6) is -1.51. The Morgan fingerprint density at radius 3 is 2.84 bits per heavy atom. The van der Waals surface area contributed by atoms with E-state index in [0.29, 0.717) is 0 Å². The van der Waals surface area contributed by atoms with Crippen molar-refractivity contribution in [2.75, 3.05) is 5.32 Å². The Morgan fingerprint density at radius 1 is 1.53 bits per heavy atom. The topological polar surface area (TPSA) is 111 Å². The lowest BCUT2D eigenvalue weighted by molar-refractivity contribution is -0.384. The number of hydrogen-bond donors (Lipinski definition) is 1. The highest BCUT2D eigenvalue weighted by Gasteiger charge is 2.18. The van der Waals surface area contributed by atoms with Gasteiger partial charge in [0.1, 0.15) is 5.82 Å². The molecular formula is C10H7FN4O4. The monoisotopic (exact) mass is 266 g/mol. The average Bonchev–Trinajstić information content (AvgIpc) is 2.74. The van der Waals surface area contributed by atoms with Crippen LogP contribution in [-0.2, 0) is 0 Å². The quantitative estimate of drug-likeness (QED) is 0.668. The van der Waals surface area contributed by atoms with Gasteiger partial charge in [-0.3, -0.25) is 20.2 Å². The molecule has 2 rings (SSSR count). The summed E-state index contributed by atoms with van der Waals surface area (Å²) < 4.78 is 18.1. The average molecular weight is 266 g/mol. The third-order valence-corrected chi connectivity index (χ3v) is 2.15. The van der Waals surface area contributed by atoms with Crippen molar-refractivity contribution >= 4 is 17.6 Å². The van der Waals surface area contributed by atoms with E-state index in [0.717, 1.165) is 18.2 Å². The molecular weight excluding hydrogens is 259 g/mol. The van der Waals surface area contributed by atoms with Crippen molar-refractivity contribution in [1.29, 1.82) is 0 Å². The number of rotatable bonds is 3. The van der Waals surface area contributed by atoms with E-state index in [2.05, 4.69) is 20.0 Å². The van der Waals surface area contributed by atoms with E-state index in [1.54, 1.807) is 0 Å². The number of aromatic nitrogens is 2. The zero-order chi connectivity index (χ0) is 14.0. The molecule has 9 heteroatoms. The number of nitrogens with one attached hydrogen (secondary N) is 1. The Labute approximate surface area is 105 Å². The second-order valence-electron chi connectivity index (χ2n) is 3.52. The predicted octanol–water partition coefficient (Wildman–Crippen LogP) is 1.68. The van der Waals surface area contributed by atoms with Gasteiger partial charge >= 0.3 is 6.01 Å². The number of halogens is 1. The Balaban J connectivity index is 2.27. The van der Waals surface area contributed by atoms with Crippen LogP contribution in [0.3, 0.4) is 0 Å². The number of hydrogen-bond acceptors (Lipinski definition) is 6. The molecule has 1 aromatic carbocycles. The maximum atomic E-state index is 13.4. The fourth-order valence-electron chi connectivity index (χ4n) is 1.31. The van der Waals surface area contributed by atoms with Gasteiger partial charge in [-0.2, -0.15) is 4.98 Å². The lowest BCUT2D eigenvalue weighted by Gasteiger charge is -2.01. The molecule has 8 nitrogen and oxygen atoms in total. The van der Waals surface area contributed by atoms with E-state index in [1.165, 1.54) is 6.92 Å². The van der Waals surface area contributed by atoms with Crippen LogP contribution >= 0.6 is 0 Å². The van der Waals surface area contributed by atoms with Crippen LogP contribution < -0.4 is 5.32 Å². The highest BCUT2D eigenvalue weighted by atomic mass is 19.1. The molecule has 1 amide bonds. The third kappa shape index (κ3) is 2.70. The molecule has 1 heterocycles. The highest BCUT2D eigenvalue weighted by Crippen LogP contribution is 2.18. The van der Waals surface area contributed by atoms with Gasteiger partial charge in [-0.25, -0.2) is 4.39 Å². The summed E-state index contributed by atoms with van der Waals surface area (Å²) in [5.41, 5.74) is -0.877. The van der Waals surface area contributed by atoms with Crippen LogP contribution in [0.2, 0.25) is 0 Å². The Hall–Kier alpha value is -2.84. The lowest BCUT2D eigenvalue weighted by atomic mass is 10.2. The van der Waals surface area contributed by atoms with Gasteiger partial charge in [0.25, 0.3) is 11.6 Å². The Morgan fingerprint density at radius 2 is 2.26 bits per heavy atom. The van der Waals surface area contributed by atoms with Crippen LogP contribution in [0.5, 0.6) is 0 Å². The molecule has 98 valence electrons. The van der Waals surface area contributed by atoms with E-state index in [9.17, 15) is 19.3 Å². The number of anilines is 1. The first-order chi connectivity index (χ1) is 8.97. The number of carbonyl (C=O) groups is 1.